The number of carbonyl (C=O) groups excluding carboxylic acids is 1. The second-order valence-corrected chi connectivity index (χ2v) is 4.15. The number of hydrogen-bond donors (Lipinski definition) is 2. The second-order valence-electron chi connectivity index (χ2n) is 4.15. The van der Waals surface area contributed by atoms with Crippen molar-refractivity contribution in [1.29, 1.82) is 0 Å². The van der Waals surface area contributed by atoms with Crippen molar-refractivity contribution in [2.75, 3.05) is 5.32 Å². The van der Waals surface area contributed by atoms with Crippen LogP contribution in [0.25, 0.3) is 0 Å². The number of hydrogen-bond acceptors (Lipinski definition) is 2. The first-order chi connectivity index (χ1) is 9.47. The summed E-state index contributed by atoms with van der Waals surface area (Å²) in [6.07, 6.45) is 0. The van der Waals surface area contributed by atoms with Gasteiger partial charge in [0.2, 0.25) is 5.91 Å². The molecular weight excluding hydrogens is 269 g/mol. The van der Waals surface area contributed by atoms with Crippen molar-refractivity contribution in [2.45, 2.75) is 6.54 Å². The van der Waals surface area contributed by atoms with Gasteiger partial charge in [0, 0.05) is 29.4 Å². The van der Waals surface area contributed by atoms with Crippen LogP contribution in [0.5, 0.6) is 0 Å². The van der Waals surface area contributed by atoms with Crippen molar-refractivity contribution in [2.24, 2.45) is 5.73 Å². The normalized spacial score (nSPS) is 10.3. The van der Waals surface area contributed by atoms with E-state index in [9.17, 15) is 18.0 Å². The Hall–Kier alpha value is -2.50. The van der Waals surface area contributed by atoms with E-state index in [4.69, 9.17) is 5.73 Å². The average Bonchev–Trinajstić information content (AvgIpc) is 2.41. The van der Waals surface area contributed by atoms with Crippen LogP contribution in [0.2, 0.25) is 0 Å². The first kappa shape index (κ1) is 13.9. The Morgan fingerprint density at radius 3 is 2.35 bits per heavy atom. The zero-order valence-electron chi connectivity index (χ0n) is 10.3. The number of halogens is 3. The summed E-state index contributed by atoms with van der Waals surface area (Å²) < 4.78 is 39.4. The molecule has 0 aliphatic heterocycles. The summed E-state index contributed by atoms with van der Waals surface area (Å²) in [6.45, 7) is 0.0654. The van der Waals surface area contributed by atoms with Crippen LogP contribution in [0.3, 0.4) is 0 Å². The molecule has 2 aromatic carbocycles. The molecule has 0 bridgehead atoms. The van der Waals surface area contributed by atoms with Crippen LogP contribution in [0.1, 0.15) is 15.9 Å². The van der Waals surface area contributed by atoms with Gasteiger partial charge in [-0.15, -0.1) is 0 Å². The van der Waals surface area contributed by atoms with Crippen molar-refractivity contribution in [3.63, 3.8) is 0 Å². The van der Waals surface area contributed by atoms with Crippen LogP contribution in [0, 0.1) is 17.5 Å². The second kappa shape index (κ2) is 5.64. The Labute approximate surface area is 113 Å². The molecular formula is C14H11F3N2O. The van der Waals surface area contributed by atoms with Crippen LogP contribution >= 0.6 is 0 Å². The number of rotatable bonds is 4. The van der Waals surface area contributed by atoms with Gasteiger partial charge in [-0.2, -0.15) is 0 Å². The summed E-state index contributed by atoms with van der Waals surface area (Å²) in [6, 6.07) is 7.13. The standard InChI is InChI=1S/C14H11F3N2O/c15-11-4-3-10(6-13(11)17)19-7-9-2-1-8(14(18)20)5-12(9)16/h1-6,19H,7H2,(H2,18,20). The molecule has 0 saturated heterocycles. The monoisotopic (exact) mass is 280 g/mol. The zero-order valence-corrected chi connectivity index (χ0v) is 10.3. The van der Waals surface area contributed by atoms with Crippen molar-refractivity contribution >= 4 is 11.6 Å². The SMILES string of the molecule is NC(=O)c1ccc(CNc2ccc(F)c(F)c2)c(F)c1. The molecule has 6 heteroatoms. The molecule has 0 aliphatic carbocycles. The molecule has 20 heavy (non-hydrogen) atoms. The Balaban J connectivity index is 2.10. The molecule has 0 unspecified atom stereocenters. The third-order valence-corrected chi connectivity index (χ3v) is 2.74. The van der Waals surface area contributed by atoms with E-state index in [2.05, 4.69) is 5.32 Å². The minimum atomic E-state index is -0.987. The lowest BCUT2D eigenvalue weighted by Gasteiger charge is -2.08. The highest BCUT2D eigenvalue weighted by atomic mass is 19.2. The van der Waals surface area contributed by atoms with E-state index in [1.54, 1.807) is 0 Å². The van der Waals surface area contributed by atoms with Gasteiger partial charge in [-0.1, -0.05) is 6.07 Å². The Morgan fingerprint density at radius 1 is 1.00 bits per heavy atom. The fourth-order valence-electron chi connectivity index (χ4n) is 1.65. The minimum Gasteiger partial charge on any atom is -0.381 e. The highest BCUT2D eigenvalue weighted by Crippen LogP contribution is 2.16. The molecule has 1 amide bonds. The van der Waals surface area contributed by atoms with E-state index in [-0.39, 0.29) is 17.7 Å². The lowest BCUT2D eigenvalue weighted by Crippen LogP contribution is -2.12. The van der Waals surface area contributed by atoms with Crippen molar-refractivity contribution in [3.8, 4) is 0 Å². The first-order valence-electron chi connectivity index (χ1n) is 5.74. The van der Waals surface area contributed by atoms with Gasteiger partial charge in [-0.05, 0) is 24.3 Å². The molecule has 0 aliphatic rings. The largest absolute Gasteiger partial charge is 0.381 e. The lowest BCUT2D eigenvalue weighted by atomic mass is 10.1. The van der Waals surface area contributed by atoms with Crippen LogP contribution in [-0.2, 0) is 6.54 Å². The van der Waals surface area contributed by atoms with Gasteiger partial charge < -0.3 is 11.1 Å². The molecule has 0 fully saturated rings. The molecule has 3 N–H and O–H groups in total. The van der Waals surface area contributed by atoms with Gasteiger partial charge in [-0.25, -0.2) is 13.2 Å². The van der Waals surface area contributed by atoms with E-state index in [1.807, 2.05) is 0 Å². The maximum absolute atomic E-state index is 13.7. The number of nitrogens with one attached hydrogen (secondary N) is 1. The van der Waals surface area contributed by atoms with Gasteiger partial charge in [0.1, 0.15) is 5.82 Å². The van der Waals surface area contributed by atoms with E-state index in [0.717, 1.165) is 18.2 Å². The van der Waals surface area contributed by atoms with Gasteiger partial charge in [-0.3, -0.25) is 4.79 Å². The molecule has 104 valence electrons. The first-order valence-corrected chi connectivity index (χ1v) is 5.74. The Bertz CT molecular complexity index is 659. The highest BCUT2D eigenvalue weighted by molar-refractivity contribution is 5.92. The van der Waals surface area contributed by atoms with Crippen molar-refractivity contribution in [1.82, 2.24) is 0 Å². The number of amides is 1. The molecule has 2 aromatic rings. The van der Waals surface area contributed by atoms with Gasteiger partial charge >= 0.3 is 0 Å². The molecule has 0 saturated carbocycles. The van der Waals surface area contributed by atoms with Crippen molar-refractivity contribution in [3.05, 3.63) is 65.0 Å². The number of primary amides is 1. The number of anilines is 1. The zero-order chi connectivity index (χ0) is 14.7. The summed E-state index contributed by atoms with van der Waals surface area (Å²) in [5.74, 6) is -3.26. The number of nitrogens with two attached hydrogens (primary N) is 1. The summed E-state index contributed by atoms with van der Waals surface area (Å²) >= 11 is 0. The predicted octanol–water partition coefficient (Wildman–Crippen LogP) is 2.81. The molecule has 0 aromatic heterocycles. The van der Waals surface area contributed by atoms with Gasteiger partial charge in [0.05, 0.1) is 0 Å². The molecule has 2 rings (SSSR count). The van der Waals surface area contributed by atoms with Crippen molar-refractivity contribution < 1.29 is 18.0 Å². The van der Waals surface area contributed by atoms with Crippen LogP contribution in [0.15, 0.2) is 36.4 Å². The van der Waals surface area contributed by atoms with Crippen LogP contribution in [-0.4, -0.2) is 5.91 Å². The minimum absolute atomic E-state index is 0.0654. The third-order valence-electron chi connectivity index (χ3n) is 2.74. The quantitative estimate of drug-likeness (QED) is 0.904. The summed E-state index contributed by atoms with van der Waals surface area (Å²) in [5.41, 5.74) is 5.70. The predicted molar refractivity (Wildman–Crippen MR) is 68.6 cm³/mol. The molecule has 0 radical (unpaired) electrons. The molecule has 0 spiro atoms. The molecule has 3 nitrogen and oxygen atoms in total. The van der Waals surface area contributed by atoms with Gasteiger partial charge in [0.15, 0.2) is 11.6 Å². The van der Waals surface area contributed by atoms with E-state index in [0.29, 0.717) is 5.69 Å². The Kier molecular flexibility index (Phi) is 3.93. The summed E-state index contributed by atoms with van der Waals surface area (Å²) in [4.78, 5) is 10.9. The average molecular weight is 280 g/mol. The number of benzene rings is 2. The fraction of sp³-hybridized carbons (Fsp3) is 0.0714. The van der Waals surface area contributed by atoms with Crippen LogP contribution in [0.4, 0.5) is 18.9 Å². The maximum Gasteiger partial charge on any atom is 0.248 e. The lowest BCUT2D eigenvalue weighted by molar-refractivity contribution is 0.1000. The highest BCUT2D eigenvalue weighted by Gasteiger charge is 2.07. The van der Waals surface area contributed by atoms with E-state index >= 15 is 0 Å². The van der Waals surface area contributed by atoms with Crippen LogP contribution < -0.4 is 11.1 Å². The third kappa shape index (κ3) is 3.09. The van der Waals surface area contributed by atoms with E-state index < -0.39 is 23.4 Å². The molecule has 0 atom stereocenters. The smallest absolute Gasteiger partial charge is 0.248 e. The summed E-state index contributed by atoms with van der Waals surface area (Å²) in [5, 5.41) is 2.76. The molecule has 0 heterocycles. The topological polar surface area (TPSA) is 55.1 Å². The fourth-order valence-corrected chi connectivity index (χ4v) is 1.65. The number of carbonyl (C=O) groups is 1. The summed E-state index contributed by atoms with van der Waals surface area (Å²) in [7, 11) is 0. The Morgan fingerprint density at radius 2 is 1.75 bits per heavy atom. The van der Waals surface area contributed by atoms with Gasteiger partial charge in [0.25, 0.3) is 0 Å². The van der Waals surface area contributed by atoms with E-state index in [1.165, 1.54) is 18.2 Å². The maximum atomic E-state index is 13.7.